The summed E-state index contributed by atoms with van der Waals surface area (Å²) in [6, 6.07) is 23.8. The first-order chi connectivity index (χ1) is 8.86. The Kier molecular flexibility index (Phi) is 2.73. The van der Waals surface area contributed by atoms with Crippen LogP contribution < -0.4 is 4.74 Å². The molecule has 0 unspecified atom stereocenters. The Morgan fingerprint density at radius 2 is 1.72 bits per heavy atom. The lowest BCUT2D eigenvalue weighted by Crippen LogP contribution is -1.84. The Balaban J connectivity index is 2.13. The summed E-state index contributed by atoms with van der Waals surface area (Å²) >= 11 is 0. The van der Waals surface area contributed by atoms with Crippen LogP contribution in [0.3, 0.4) is 0 Å². The first-order valence-corrected chi connectivity index (χ1v) is 5.92. The summed E-state index contributed by atoms with van der Waals surface area (Å²) in [4.78, 5) is 0. The van der Waals surface area contributed by atoms with Gasteiger partial charge in [0.2, 0.25) is 0 Å². The average molecular weight is 233 g/mol. The van der Waals surface area contributed by atoms with E-state index in [9.17, 15) is 0 Å². The van der Waals surface area contributed by atoms with Gasteiger partial charge in [-0.1, -0.05) is 42.5 Å². The lowest BCUT2D eigenvalue weighted by Gasteiger charge is -2.05. The van der Waals surface area contributed by atoms with Crippen LogP contribution in [0.1, 0.15) is 0 Å². The molecule has 0 fully saturated rings. The van der Waals surface area contributed by atoms with Crippen LogP contribution in [0, 0.1) is 6.07 Å². The Labute approximate surface area is 107 Å². The maximum absolute atomic E-state index is 5.24. The van der Waals surface area contributed by atoms with E-state index in [1.54, 1.807) is 7.11 Å². The van der Waals surface area contributed by atoms with E-state index in [4.69, 9.17) is 4.74 Å². The highest BCUT2D eigenvalue weighted by Crippen LogP contribution is 2.26. The van der Waals surface area contributed by atoms with Gasteiger partial charge >= 0.3 is 0 Å². The summed E-state index contributed by atoms with van der Waals surface area (Å²) in [6.07, 6.45) is 0. The molecule has 1 radical (unpaired) electrons. The van der Waals surface area contributed by atoms with Crippen molar-refractivity contribution in [1.82, 2.24) is 0 Å². The fraction of sp³-hybridized carbons (Fsp3) is 0.0588. The molecule has 3 rings (SSSR count). The maximum atomic E-state index is 5.24. The molecule has 0 spiro atoms. The molecule has 87 valence electrons. The molecule has 0 aliphatic carbocycles. The van der Waals surface area contributed by atoms with Gasteiger partial charge in [0.25, 0.3) is 0 Å². The Hall–Kier alpha value is -2.28. The van der Waals surface area contributed by atoms with Crippen molar-refractivity contribution >= 4 is 10.8 Å². The standard InChI is InChI=1S/C17H13O/c1-18-17-8-4-7-15(12-17)16-10-9-13-5-2-3-6-14(13)11-16/h2-6,8-12H,1H3. The number of hydrogen-bond acceptors (Lipinski definition) is 1. The summed E-state index contributed by atoms with van der Waals surface area (Å²) in [7, 11) is 1.68. The molecule has 0 atom stereocenters. The van der Waals surface area contributed by atoms with Gasteiger partial charge in [-0.15, -0.1) is 0 Å². The van der Waals surface area contributed by atoms with Crippen LogP contribution in [0.15, 0.2) is 60.7 Å². The van der Waals surface area contributed by atoms with E-state index in [1.165, 1.54) is 10.8 Å². The van der Waals surface area contributed by atoms with Crippen LogP contribution >= 0.6 is 0 Å². The van der Waals surface area contributed by atoms with Gasteiger partial charge in [-0.2, -0.15) is 0 Å². The molecule has 0 heterocycles. The topological polar surface area (TPSA) is 9.23 Å². The predicted molar refractivity (Wildman–Crippen MR) is 74.8 cm³/mol. The zero-order chi connectivity index (χ0) is 12.4. The molecule has 0 aliphatic rings. The molecular weight excluding hydrogens is 220 g/mol. The van der Waals surface area contributed by atoms with Crippen molar-refractivity contribution in [2.24, 2.45) is 0 Å². The number of ether oxygens (including phenoxy) is 1. The third kappa shape index (κ3) is 1.95. The van der Waals surface area contributed by atoms with E-state index in [2.05, 4.69) is 48.5 Å². The molecular formula is C17H13O. The quantitative estimate of drug-likeness (QED) is 0.640. The summed E-state index contributed by atoms with van der Waals surface area (Å²) in [5, 5.41) is 2.50. The van der Waals surface area contributed by atoms with Crippen molar-refractivity contribution in [2.45, 2.75) is 0 Å². The number of fused-ring (bicyclic) bond motifs is 1. The Morgan fingerprint density at radius 3 is 2.56 bits per heavy atom. The second-order valence-electron chi connectivity index (χ2n) is 4.20. The highest BCUT2D eigenvalue weighted by molar-refractivity contribution is 5.87. The molecule has 1 nitrogen and oxygen atoms in total. The highest BCUT2D eigenvalue weighted by Gasteiger charge is 2.01. The third-order valence-electron chi connectivity index (χ3n) is 3.07. The molecule has 0 aromatic heterocycles. The zero-order valence-electron chi connectivity index (χ0n) is 10.2. The largest absolute Gasteiger partial charge is 0.497 e. The minimum Gasteiger partial charge on any atom is -0.497 e. The maximum Gasteiger partial charge on any atom is 0.119 e. The molecule has 0 saturated carbocycles. The van der Waals surface area contributed by atoms with E-state index >= 15 is 0 Å². The van der Waals surface area contributed by atoms with Gasteiger partial charge < -0.3 is 4.74 Å². The summed E-state index contributed by atoms with van der Waals surface area (Å²) in [5.74, 6) is 0.858. The van der Waals surface area contributed by atoms with Gasteiger partial charge in [0.05, 0.1) is 7.11 Å². The second-order valence-corrected chi connectivity index (χ2v) is 4.20. The molecule has 3 aromatic carbocycles. The van der Waals surface area contributed by atoms with Gasteiger partial charge in [-0.05, 0) is 46.2 Å². The lowest BCUT2D eigenvalue weighted by molar-refractivity contribution is 0.415. The van der Waals surface area contributed by atoms with Gasteiger partial charge in [0.1, 0.15) is 5.75 Å². The summed E-state index contributed by atoms with van der Waals surface area (Å²) in [6.45, 7) is 0. The molecule has 0 aliphatic heterocycles. The van der Waals surface area contributed by atoms with Gasteiger partial charge in [-0.25, -0.2) is 0 Å². The van der Waals surface area contributed by atoms with Crippen molar-refractivity contribution < 1.29 is 4.74 Å². The van der Waals surface area contributed by atoms with Crippen LogP contribution in [0.4, 0.5) is 0 Å². The van der Waals surface area contributed by atoms with Crippen LogP contribution in [0.2, 0.25) is 0 Å². The zero-order valence-corrected chi connectivity index (χ0v) is 10.2. The van der Waals surface area contributed by atoms with Crippen molar-refractivity contribution in [3.05, 3.63) is 66.7 Å². The molecule has 3 aromatic rings. The van der Waals surface area contributed by atoms with Crippen LogP contribution in [-0.2, 0) is 0 Å². The Bertz CT molecular complexity index is 686. The average Bonchev–Trinajstić information content (AvgIpc) is 2.47. The number of methoxy groups -OCH3 is 1. The molecule has 0 bridgehead atoms. The third-order valence-corrected chi connectivity index (χ3v) is 3.07. The molecule has 18 heavy (non-hydrogen) atoms. The SMILES string of the molecule is COc1cc[c]c(-c2ccc3ccccc3c2)c1. The van der Waals surface area contributed by atoms with E-state index in [1.807, 2.05) is 18.2 Å². The van der Waals surface area contributed by atoms with Crippen LogP contribution in [0.25, 0.3) is 21.9 Å². The number of rotatable bonds is 2. The van der Waals surface area contributed by atoms with Crippen molar-refractivity contribution in [3.8, 4) is 16.9 Å². The first-order valence-electron chi connectivity index (χ1n) is 5.92. The fourth-order valence-electron chi connectivity index (χ4n) is 2.10. The van der Waals surface area contributed by atoms with Crippen LogP contribution in [0.5, 0.6) is 5.75 Å². The van der Waals surface area contributed by atoms with Crippen molar-refractivity contribution in [1.29, 1.82) is 0 Å². The second kappa shape index (κ2) is 4.53. The van der Waals surface area contributed by atoms with Crippen molar-refractivity contribution in [3.63, 3.8) is 0 Å². The lowest BCUT2D eigenvalue weighted by atomic mass is 10.0. The molecule has 0 saturated heterocycles. The normalized spacial score (nSPS) is 10.5. The minimum absolute atomic E-state index is 0.858. The number of benzene rings is 3. The van der Waals surface area contributed by atoms with E-state index in [0.29, 0.717) is 0 Å². The van der Waals surface area contributed by atoms with E-state index < -0.39 is 0 Å². The first kappa shape index (κ1) is 10.8. The predicted octanol–water partition coefficient (Wildman–Crippen LogP) is 4.32. The smallest absolute Gasteiger partial charge is 0.119 e. The Morgan fingerprint density at radius 1 is 0.889 bits per heavy atom. The van der Waals surface area contributed by atoms with Gasteiger partial charge in [-0.3, -0.25) is 0 Å². The number of hydrogen-bond donors (Lipinski definition) is 0. The molecule has 0 amide bonds. The monoisotopic (exact) mass is 233 g/mol. The highest BCUT2D eigenvalue weighted by atomic mass is 16.5. The fourth-order valence-corrected chi connectivity index (χ4v) is 2.10. The summed E-state index contributed by atoms with van der Waals surface area (Å²) < 4.78 is 5.24. The molecule has 0 N–H and O–H groups in total. The van der Waals surface area contributed by atoms with Crippen molar-refractivity contribution in [2.75, 3.05) is 7.11 Å². The van der Waals surface area contributed by atoms with Crippen LogP contribution in [-0.4, -0.2) is 7.11 Å². The van der Waals surface area contributed by atoms with E-state index in [-0.39, 0.29) is 0 Å². The summed E-state index contributed by atoms with van der Waals surface area (Å²) in [5.41, 5.74) is 2.22. The minimum atomic E-state index is 0.858. The van der Waals surface area contributed by atoms with Gasteiger partial charge in [0, 0.05) is 0 Å². The van der Waals surface area contributed by atoms with Gasteiger partial charge in [0.15, 0.2) is 0 Å². The molecule has 1 heteroatoms. The van der Waals surface area contributed by atoms with E-state index in [0.717, 1.165) is 16.9 Å².